The topological polar surface area (TPSA) is 90.0 Å². The lowest BCUT2D eigenvalue weighted by molar-refractivity contribution is 0.574. The van der Waals surface area contributed by atoms with E-state index >= 15 is 0 Å². The number of sulfonamides is 1. The summed E-state index contributed by atoms with van der Waals surface area (Å²) in [6.07, 6.45) is 6.25. The summed E-state index contributed by atoms with van der Waals surface area (Å²) in [5.74, 6) is 0.720. The van der Waals surface area contributed by atoms with Crippen molar-refractivity contribution in [3.63, 3.8) is 0 Å². The molecule has 1 saturated carbocycles. The molecule has 7 heteroatoms. The maximum Gasteiger partial charge on any atom is 0.243 e. The fourth-order valence-corrected chi connectivity index (χ4v) is 2.62. The Hall–Kier alpha value is -0.920. The summed E-state index contributed by atoms with van der Waals surface area (Å²) in [6.45, 7) is 1.48. The van der Waals surface area contributed by atoms with Crippen molar-refractivity contribution in [3.8, 4) is 0 Å². The maximum atomic E-state index is 11.9. The average molecular weight is 258 g/mol. The van der Waals surface area contributed by atoms with Gasteiger partial charge in [-0.05, 0) is 12.3 Å². The van der Waals surface area contributed by atoms with Crippen LogP contribution in [0.2, 0.25) is 0 Å². The number of hydrogen-bond donors (Lipinski definition) is 2. The van der Waals surface area contributed by atoms with Crippen LogP contribution in [0.15, 0.2) is 17.3 Å². The fraction of sp³-hybridized carbons (Fsp3) is 0.700. The first-order valence-electron chi connectivity index (χ1n) is 5.84. The first-order valence-corrected chi connectivity index (χ1v) is 7.32. The average Bonchev–Trinajstić information content (AvgIpc) is 2.96. The Morgan fingerprint density at radius 1 is 1.53 bits per heavy atom. The molecule has 6 nitrogen and oxygen atoms in total. The van der Waals surface area contributed by atoms with Crippen molar-refractivity contribution in [1.29, 1.82) is 0 Å². The predicted octanol–water partition coefficient (Wildman–Crippen LogP) is -0.0798. The Bertz CT molecular complexity index is 464. The van der Waals surface area contributed by atoms with Crippen molar-refractivity contribution < 1.29 is 8.42 Å². The van der Waals surface area contributed by atoms with Crippen molar-refractivity contribution in [2.24, 2.45) is 11.7 Å². The van der Waals surface area contributed by atoms with Gasteiger partial charge in [-0.3, -0.25) is 4.68 Å². The molecule has 0 atom stereocenters. The molecule has 0 aliphatic heterocycles. The monoisotopic (exact) mass is 258 g/mol. The molecule has 2 rings (SSSR count). The third-order valence-electron chi connectivity index (χ3n) is 2.82. The summed E-state index contributed by atoms with van der Waals surface area (Å²) in [4.78, 5) is 0.210. The van der Waals surface area contributed by atoms with E-state index in [-0.39, 0.29) is 4.90 Å². The quantitative estimate of drug-likeness (QED) is 0.716. The second-order valence-corrected chi connectivity index (χ2v) is 6.12. The summed E-state index contributed by atoms with van der Waals surface area (Å²) in [6, 6.07) is 0. The molecule has 96 valence electrons. The zero-order chi connectivity index (χ0) is 12.3. The molecule has 1 aliphatic carbocycles. The van der Waals surface area contributed by atoms with Gasteiger partial charge in [0.25, 0.3) is 0 Å². The van der Waals surface area contributed by atoms with E-state index < -0.39 is 10.0 Å². The standard InChI is InChI=1S/C10H18N4O2S/c11-4-6-14-8-10(7-12-14)17(15,16)13-5-3-9-1-2-9/h7-9,13H,1-6,11H2. The van der Waals surface area contributed by atoms with Crippen LogP contribution in [0.25, 0.3) is 0 Å². The molecule has 1 aromatic rings. The second kappa shape index (κ2) is 5.16. The zero-order valence-electron chi connectivity index (χ0n) is 9.67. The first kappa shape index (κ1) is 12.5. The lowest BCUT2D eigenvalue weighted by Gasteiger charge is -2.03. The smallest absolute Gasteiger partial charge is 0.243 e. The molecule has 0 unspecified atom stereocenters. The minimum Gasteiger partial charge on any atom is -0.329 e. The van der Waals surface area contributed by atoms with Gasteiger partial charge in [0.15, 0.2) is 0 Å². The number of nitrogens with zero attached hydrogens (tertiary/aromatic N) is 2. The predicted molar refractivity (Wildman–Crippen MR) is 63.8 cm³/mol. The van der Waals surface area contributed by atoms with E-state index in [1.165, 1.54) is 29.9 Å². The number of aromatic nitrogens is 2. The van der Waals surface area contributed by atoms with Crippen molar-refractivity contribution in [3.05, 3.63) is 12.4 Å². The van der Waals surface area contributed by atoms with Crippen LogP contribution in [0.5, 0.6) is 0 Å². The Morgan fingerprint density at radius 3 is 2.94 bits per heavy atom. The minimum atomic E-state index is -3.40. The number of nitrogens with one attached hydrogen (secondary N) is 1. The van der Waals surface area contributed by atoms with Crippen LogP contribution in [0, 0.1) is 5.92 Å². The molecule has 3 N–H and O–H groups in total. The SMILES string of the molecule is NCCn1cc(S(=O)(=O)NCCC2CC2)cn1. The van der Waals surface area contributed by atoms with Gasteiger partial charge in [-0.15, -0.1) is 0 Å². The fourth-order valence-electron chi connectivity index (χ4n) is 1.63. The van der Waals surface area contributed by atoms with E-state index in [0.717, 1.165) is 12.3 Å². The van der Waals surface area contributed by atoms with Gasteiger partial charge in [0.2, 0.25) is 10.0 Å². The normalized spacial score (nSPS) is 16.3. The van der Waals surface area contributed by atoms with Gasteiger partial charge in [0.05, 0.1) is 12.7 Å². The minimum absolute atomic E-state index is 0.210. The molecule has 1 heterocycles. The van der Waals surface area contributed by atoms with Gasteiger partial charge in [-0.2, -0.15) is 5.10 Å². The number of hydrogen-bond acceptors (Lipinski definition) is 4. The van der Waals surface area contributed by atoms with Crippen LogP contribution in [0.3, 0.4) is 0 Å². The van der Waals surface area contributed by atoms with Gasteiger partial charge in [-0.25, -0.2) is 13.1 Å². The number of nitrogens with two attached hydrogens (primary N) is 1. The van der Waals surface area contributed by atoms with Gasteiger partial charge < -0.3 is 5.73 Å². The van der Waals surface area contributed by atoms with Crippen molar-refractivity contribution in [2.45, 2.75) is 30.7 Å². The second-order valence-electron chi connectivity index (χ2n) is 4.36. The molecule has 0 radical (unpaired) electrons. The van der Waals surface area contributed by atoms with Crippen molar-refractivity contribution >= 4 is 10.0 Å². The molecule has 1 fully saturated rings. The first-order chi connectivity index (χ1) is 8.12. The van der Waals surface area contributed by atoms with Crippen LogP contribution < -0.4 is 10.5 Å². The molecule has 0 spiro atoms. The molecule has 0 aromatic carbocycles. The highest BCUT2D eigenvalue weighted by Crippen LogP contribution is 2.31. The van der Waals surface area contributed by atoms with E-state index in [9.17, 15) is 8.42 Å². The summed E-state index contributed by atoms with van der Waals surface area (Å²) in [7, 11) is -3.40. The van der Waals surface area contributed by atoms with Crippen LogP contribution >= 0.6 is 0 Å². The van der Waals surface area contributed by atoms with Crippen LogP contribution in [-0.2, 0) is 16.6 Å². The van der Waals surface area contributed by atoms with Crippen LogP contribution in [0.1, 0.15) is 19.3 Å². The van der Waals surface area contributed by atoms with E-state index in [1.54, 1.807) is 0 Å². The Morgan fingerprint density at radius 2 is 2.29 bits per heavy atom. The third kappa shape index (κ3) is 3.52. The molecule has 0 saturated heterocycles. The summed E-state index contributed by atoms with van der Waals surface area (Å²) < 4.78 is 27.8. The molecule has 0 amide bonds. The summed E-state index contributed by atoms with van der Waals surface area (Å²) in [5.41, 5.74) is 5.37. The number of rotatable bonds is 7. The van der Waals surface area contributed by atoms with E-state index in [4.69, 9.17) is 5.73 Å². The molecule has 17 heavy (non-hydrogen) atoms. The van der Waals surface area contributed by atoms with Crippen molar-refractivity contribution in [2.75, 3.05) is 13.1 Å². The van der Waals surface area contributed by atoms with Crippen molar-refractivity contribution in [1.82, 2.24) is 14.5 Å². The van der Waals surface area contributed by atoms with Gasteiger partial charge in [-0.1, -0.05) is 12.8 Å². The van der Waals surface area contributed by atoms with Gasteiger partial charge in [0, 0.05) is 19.3 Å². The molecule has 0 bridgehead atoms. The third-order valence-corrected chi connectivity index (χ3v) is 4.24. The highest BCUT2D eigenvalue weighted by molar-refractivity contribution is 7.89. The maximum absolute atomic E-state index is 11.9. The summed E-state index contributed by atoms with van der Waals surface area (Å²) >= 11 is 0. The Kier molecular flexibility index (Phi) is 3.80. The van der Waals surface area contributed by atoms with E-state index in [0.29, 0.717) is 19.6 Å². The Labute approximate surface area is 101 Å². The summed E-state index contributed by atoms with van der Waals surface area (Å²) in [5, 5.41) is 3.95. The zero-order valence-corrected chi connectivity index (χ0v) is 10.5. The van der Waals surface area contributed by atoms with Crippen LogP contribution in [-0.4, -0.2) is 31.3 Å². The highest BCUT2D eigenvalue weighted by atomic mass is 32.2. The highest BCUT2D eigenvalue weighted by Gasteiger charge is 2.22. The lowest BCUT2D eigenvalue weighted by Crippen LogP contribution is -2.24. The van der Waals surface area contributed by atoms with Gasteiger partial charge in [0.1, 0.15) is 4.90 Å². The van der Waals surface area contributed by atoms with Crippen LogP contribution in [0.4, 0.5) is 0 Å². The Balaban J connectivity index is 1.92. The largest absolute Gasteiger partial charge is 0.329 e. The molecule has 1 aromatic heterocycles. The molecular weight excluding hydrogens is 240 g/mol. The molecule has 1 aliphatic rings. The molecular formula is C10H18N4O2S. The lowest BCUT2D eigenvalue weighted by atomic mass is 10.3. The van der Waals surface area contributed by atoms with Gasteiger partial charge >= 0.3 is 0 Å². The van der Waals surface area contributed by atoms with E-state index in [1.807, 2.05) is 0 Å². The van der Waals surface area contributed by atoms with E-state index in [2.05, 4.69) is 9.82 Å².